The minimum absolute atomic E-state index is 0.00406. The topological polar surface area (TPSA) is 62.3 Å². The molecule has 1 fully saturated rings. The van der Waals surface area contributed by atoms with Crippen molar-refractivity contribution in [2.24, 2.45) is 0 Å². The van der Waals surface area contributed by atoms with Crippen molar-refractivity contribution in [3.63, 3.8) is 0 Å². The molecule has 7 nitrogen and oxygen atoms in total. The van der Waals surface area contributed by atoms with Crippen LogP contribution >= 0.6 is 0 Å². The first-order chi connectivity index (χ1) is 17.0. The molecule has 0 aliphatic carbocycles. The number of rotatable bonds is 13. The van der Waals surface area contributed by atoms with Crippen LogP contribution in [0.5, 0.6) is 5.75 Å². The van der Waals surface area contributed by atoms with Crippen LogP contribution < -0.4 is 4.74 Å². The highest BCUT2D eigenvalue weighted by molar-refractivity contribution is 5.88. The Bertz CT molecular complexity index is 929. The summed E-state index contributed by atoms with van der Waals surface area (Å²) in [6.45, 7) is 6.34. The summed E-state index contributed by atoms with van der Waals surface area (Å²) in [6, 6.07) is 18.2. The Kier molecular flexibility index (Phi) is 10.1. The molecule has 0 spiro atoms. The minimum Gasteiger partial charge on any atom is -0.494 e. The molecule has 0 aromatic heterocycles. The number of hydrogen-bond acceptors (Lipinski definition) is 5. The molecule has 1 saturated heterocycles. The van der Waals surface area contributed by atoms with Crippen molar-refractivity contribution in [3.8, 4) is 5.75 Å². The molecule has 1 aliphatic heterocycles. The summed E-state index contributed by atoms with van der Waals surface area (Å²) < 4.78 is 11.0. The molecule has 0 radical (unpaired) electrons. The van der Waals surface area contributed by atoms with E-state index in [1.54, 1.807) is 16.9 Å². The molecule has 0 saturated carbocycles. The maximum atomic E-state index is 13.8. The van der Waals surface area contributed by atoms with Crippen molar-refractivity contribution in [3.05, 3.63) is 65.7 Å². The average Bonchev–Trinajstić information content (AvgIpc) is 2.88. The minimum atomic E-state index is -0.849. The highest BCUT2D eigenvalue weighted by Gasteiger charge is 2.47. The van der Waals surface area contributed by atoms with Gasteiger partial charge in [-0.05, 0) is 43.9 Å². The molecule has 0 unspecified atom stereocenters. The smallest absolute Gasteiger partial charge is 0.248 e. The van der Waals surface area contributed by atoms with Crippen molar-refractivity contribution in [2.45, 2.75) is 38.3 Å². The molecule has 0 bridgehead atoms. The summed E-state index contributed by atoms with van der Waals surface area (Å²) in [7, 11) is 3.44. The van der Waals surface area contributed by atoms with Crippen LogP contribution in [-0.4, -0.2) is 86.1 Å². The lowest BCUT2D eigenvalue weighted by Crippen LogP contribution is -2.63. The number of likely N-dealkylation sites (N-methyl/N-ethyl adjacent to an activating group) is 1. The van der Waals surface area contributed by atoms with Crippen molar-refractivity contribution in [1.29, 1.82) is 0 Å². The van der Waals surface area contributed by atoms with Gasteiger partial charge in [-0.25, -0.2) is 0 Å². The monoisotopic (exact) mass is 481 g/mol. The molecule has 0 N–H and O–H groups in total. The van der Waals surface area contributed by atoms with Gasteiger partial charge in [0.05, 0.1) is 13.2 Å². The van der Waals surface area contributed by atoms with E-state index in [4.69, 9.17) is 9.47 Å². The van der Waals surface area contributed by atoms with E-state index >= 15 is 0 Å². The normalized spacial score (nSPS) is 15.4. The van der Waals surface area contributed by atoms with Gasteiger partial charge < -0.3 is 19.3 Å². The number of aryl methyl sites for hydroxylation is 1. The fraction of sp³-hybridized carbons (Fsp3) is 0.500. The highest BCUT2D eigenvalue weighted by Crippen LogP contribution is 2.31. The van der Waals surface area contributed by atoms with Gasteiger partial charge >= 0.3 is 0 Å². The molecular weight excluding hydrogens is 442 g/mol. The lowest BCUT2D eigenvalue weighted by atomic mass is 9.84. The average molecular weight is 482 g/mol. The van der Waals surface area contributed by atoms with Crippen molar-refractivity contribution in [1.82, 2.24) is 14.7 Å². The predicted molar refractivity (Wildman–Crippen MR) is 137 cm³/mol. The fourth-order valence-electron chi connectivity index (χ4n) is 4.80. The molecule has 2 amide bonds. The molecule has 0 atom stereocenters. The van der Waals surface area contributed by atoms with Gasteiger partial charge in [0.1, 0.15) is 11.3 Å². The van der Waals surface area contributed by atoms with Crippen LogP contribution in [0, 0.1) is 6.92 Å². The third kappa shape index (κ3) is 7.29. The van der Waals surface area contributed by atoms with E-state index in [1.807, 2.05) is 37.4 Å². The third-order valence-electron chi connectivity index (χ3n) is 6.78. The van der Waals surface area contributed by atoms with Gasteiger partial charge in [0.15, 0.2) is 0 Å². The zero-order valence-electron chi connectivity index (χ0n) is 21.3. The first-order valence-electron chi connectivity index (χ1n) is 12.4. The maximum Gasteiger partial charge on any atom is 0.248 e. The van der Waals surface area contributed by atoms with Crippen LogP contribution in [0.15, 0.2) is 54.6 Å². The standard InChI is InChI=1S/C28H39N3O4/c1-24-9-7-10-25(21-24)22-30-16-13-28(14-17-30,31(23-32)18-20-34-3)27(33)29(2)15-8-19-35-26-11-5-4-6-12-26/h4-7,9-12,21,23H,8,13-20,22H2,1-3H3. The number of nitrogens with zero attached hydrogens (tertiary/aromatic N) is 3. The number of hydrogen-bond donors (Lipinski definition) is 0. The number of likely N-dealkylation sites (tertiary alicyclic amines) is 1. The van der Waals surface area contributed by atoms with Crippen LogP contribution in [0.25, 0.3) is 0 Å². The Morgan fingerprint density at radius 2 is 1.80 bits per heavy atom. The third-order valence-corrected chi connectivity index (χ3v) is 6.78. The SMILES string of the molecule is COCCN(C=O)C1(C(=O)N(C)CCCOc2ccccc2)CCN(Cc2cccc(C)c2)CC1. The van der Waals surface area contributed by atoms with Crippen LogP contribution in [0.2, 0.25) is 0 Å². The number of amides is 2. The van der Waals surface area contributed by atoms with Gasteiger partial charge in [0.2, 0.25) is 12.3 Å². The van der Waals surface area contributed by atoms with Gasteiger partial charge in [-0.2, -0.15) is 0 Å². The summed E-state index contributed by atoms with van der Waals surface area (Å²) in [4.78, 5) is 31.7. The first-order valence-corrected chi connectivity index (χ1v) is 12.4. The van der Waals surface area contributed by atoms with Crippen LogP contribution in [0.4, 0.5) is 0 Å². The molecule has 35 heavy (non-hydrogen) atoms. The fourth-order valence-corrected chi connectivity index (χ4v) is 4.80. The highest BCUT2D eigenvalue weighted by atomic mass is 16.5. The van der Waals surface area contributed by atoms with Crippen LogP contribution in [0.1, 0.15) is 30.4 Å². The van der Waals surface area contributed by atoms with Crippen LogP contribution in [0.3, 0.4) is 0 Å². The van der Waals surface area contributed by atoms with E-state index in [0.29, 0.717) is 45.6 Å². The van der Waals surface area contributed by atoms with E-state index in [-0.39, 0.29) is 5.91 Å². The number of carbonyl (C=O) groups excluding carboxylic acids is 2. The molecule has 7 heteroatoms. The lowest BCUT2D eigenvalue weighted by molar-refractivity contribution is -0.153. The molecule has 2 aromatic rings. The zero-order chi connectivity index (χ0) is 25.1. The number of methoxy groups -OCH3 is 1. The second-order valence-electron chi connectivity index (χ2n) is 9.33. The van der Waals surface area contributed by atoms with Crippen molar-refractivity contribution in [2.75, 3.05) is 53.6 Å². The lowest BCUT2D eigenvalue weighted by Gasteiger charge is -2.47. The summed E-state index contributed by atoms with van der Waals surface area (Å²) in [5.41, 5.74) is 1.66. The van der Waals surface area contributed by atoms with E-state index in [1.165, 1.54) is 11.1 Å². The number of para-hydroxylation sites is 1. The first kappa shape index (κ1) is 26.7. The molecule has 1 heterocycles. The molecule has 1 aliphatic rings. The Morgan fingerprint density at radius 1 is 1.06 bits per heavy atom. The second-order valence-corrected chi connectivity index (χ2v) is 9.33. The molecule has 190 valence electrons. The van der Waals surface area contributed by atoms with E-state index in [0.717, 1.165) is 31.8 Å². The largest absolute Gasteiger partial charge is 0.494 e. The van der Waals surface area contributed by atoms with Crippen molar-refractivity contribution >= 4 is 12.3 Å². The van der Waals surface area contributed by atoms with Crippen LogP contribution in [-0.2, 0) is 20.9 Å². The number of ether oxygens (including phenoxy) is 2. The van der Waals surface area contributed by atoms with E-state index in [2.05, 4.69) is 36.1 Å². The molecular formula is C28H39N3O4. The van der Waals surface area contributed by atoms with Gasteiger partial charge in [0.25, 0.3) is 0 Å². The molecule has 2 aromatic carbocycles. The Hall–Kier alpha value is -2.90. The Labute approximate surface area is 209 Å². The zero-order valence-corrected chi connectivity index (χ0v) is 21.3. The Balaban J connectivity index is 1.63. The van der Waals surface area contributed by atoms with E-state index < -0.39 is 5.54 Å². The number of carbonyl (C=O) groups is 2. The number of benzene rings is 2. The summed E-state index contributed by atoms with van der Waals surface area (Å²) in [6.07, 6.45) is 2.74. The predicted octanol–water partition coefficient (Wildman–Crippen LogP) is 3.36. The number of piperidine rings is 1. The Morgan fingerprint density at radius 3 is 2.46 bits per heavy atom. The summed E-state index contributed by atoms with van der Waals surface area (Å²) in [5, 5.41) is 0. The maximum absolute atomic E-state index is 13.8. The summed E-state index contributed by atoms with van der Waals surface area (Å²) in [5.74, 6) is 0.821. The van der Waals surface area contributed by atoms with Gasteiger partial charge in [-0.1, -0.05) is 48.0 Å². The van der Waals surface area contributed by atoms with Gasteiger partial charge in [-0.15, -0.1) is 0 Å². The summed E-state index contributed by atoms with van der Waals surface area (Å²) >= 11 is 0. The van der Waals surface area contributed by atoms with E-state index in [9.17, 15) is 9.59 Å². The molecule has 3 rings (SSSR count). The van der Waals surface area contributed by atoms with Crippen molar-refractivity contribution < 1.29 is 19.1 Å². The quantitative estimate of drug-likeness (QED) is 0.324. The van der Waals surface area contributed by atoms with Gasteiger partial charge in [-0.3, -0.25) is 14.5 Å². The second kappa shape index (κ2) is 13.3. The van der Waals surface area contributed by atoms with Gasteiger partial charge in [0, 0.05) is 46.9 Å².